The Balaban J connectivity index is 2.59. The number of nitrogens with one attached hydrogen (secondary N) is 1. The third-order valence-electron chi connectivity index (χ3n) is 2.20. The van der Waals surface area contributed by atoms with Gasteiger partial charge in [-0.3, -0.25) is 4.90 Å². The average molecular weight is 216 g/mol. The Kier molecular flexibility index (Phi) is 4.24. The molecule has 1 rings (SSSR count). The highest BCUT2D eigenvalue weighted by Crippen LogP contribution is 2.18. The van der Waals surface area contributed by atoms with Gasteiger partial charge in [-0.05, 0) is 14.0 Å². The number of likely N-dealkylation sites (N-methyl/N-ethyl adjacent to an activating group) is 1. The summed E-state index contributed by atoms with van der Waals surface area (Å²) >= 11 is 1.35. The summed E-state index contributed by atoms with van der Waals surface area (Å²) in [5, 5.41) is 17.0. The maximum absolute atomic E-state index is 8.97. The van der Waals surface area contributed by atoms with Gasteiger partial charge >= 0.3 is 0 Å². The van der Waals surface area contributed by atoms with Gasteiger partial charge in [0.15, 0.2) is 0 Å². The maximum atomic E-state index is 8.97. The van der Waals surface area contributed by atoms with E-state index in [1.807, 2.05) is 25.9 Å². The van der Waals surface area contributed by atoms with Crippen LogP contribution in [0.1, 0.15) is 12.6 Å². The van der Waals surface area contributed by atoms with Gasteiger partial charge in [-0.2, -0.15) is 0 Å². The summed E-state index contributed by atoms with van der Waals surface area (Å²) in [5.74, 6) is 0. The Bertz CT molecular complexity index is 278. The lowest BCUT2D eigenvalue weighted by Gasteiger charge is -2.21. The average Bonchev–Trinajstić information content (AvgIpc) is 2.63. The van der Waals surface area contributed by atoms with Gasteiger partial charge in [0.2, 0.25) is 0 Å². The molecule has 1 heterocycles. The SMILES string of the molecule is CNc1snnc1CN(C)C(C)CO. The van der Waals surface area contributed by atoms with Crippen LogP contribution in [0.25, 0.3) is 0 Å². The molecule has 0 aromatic carbocycles. The number of hydrogen-bond donors (Lipinski definition) is 2. The minimum Gasteiger partial charge on any atom is -0.395 e. The predicted octanol–water partition coefficient (Wildman–Crippen LogP) is 0.392. The third kappa shape index (κ3) is 2.63. The Hall–Kier alpha value is -0.720. The van der Waals surface area contributed by atoms with Crippen molar-refractivity contribution in [3.63, 3.8) is 0 Å². The van der Waals surface area contributed by atoms with E-state index >= 15 is 0 Å². The van der Waals surface area contributed by atoms with Gasteiger partial charge in [0.25, 0.3) is 0 Å². The number of nitrogens with zero attached hydrogens (tertiary/aromatic N) is 3. The molecule has 0 fully saturated rings. The molecular weight excluding hydrogens is 200 g/mol. The molecule has 14 heavy (non-hydrogen) atoms. The van der Waals surface area contributed by atoms with Gasteiger partial charge in [-0.1, -0.05) is 4.49 Å². The summed E-state index contributed by atoms with van der Waals surface area (Å²) < 4.78 is 3.87. The summed E-state index contributed by atoms with van der Waals surface area (Å²) in [6, 6.07) is 0.140. The number of aliphatic hydroxyl groups is 1. The second kappa shape index (κ2) is 5.23. The topological polar surface area (TPSA) is 61.3 Å². The highest BCUT2D eigenvalue weighted by molar-refractivity contribution is 7.10. The molecule has 1 unspecified atom stereocenters. The molecule has 6 heteroatoms. The summed E-state index contributed by atoms with van der Waals surface area (Å²) in [7, 11) is 3.81. The minimum absolute atomic E-state index is 0.140. The van der Waals surface area contributed by atoms with Gasteiger partial charge in [0, 0.05) is 31.2 Å². The second-order valence-electron chi connectivity index (χ2n) is 3.25. The Morgan fingerprint density at radius 2 is 2.36 bits per heavy atom. The zero-order valence-corrected chi connectivity index (χ0v) is 9.51. The van der Waals surface area contributed by atoms with E-state index in [0.29, 0.717) is 6.54 Å². The summed E-state index contributed by atoms with van der Waals surface area (Å²) in [6.45, 7) is 2.83. The van der Waals surface area contributed by atoms with E-state index in [1.165, 1.54) is 11.5 Å². The van der Waals surface area contributed by atoms with Crippen molar-refractivity contribution in [2.45, 2.75) is 19.5 Å². The van der Waals surface area contributed by atoms with Crippen LogP contribution < -0.4 is 5.32 Å². The molecule has 1 aromatic rings. The number of rotatable bonds is 5. The fourth-order valence-electron chi connectivity index (χ4n) is 1.03. The molecular formula is C8H16N4OS. The second-order valence-corrected chi connectivity index (χ2v) is 4.00. The van der Waals surface area contributed by atoms with Crippen molar-refractivity contribution in [2.24, 2.45) is 0 Å². The van der Waals surface area contributed by atoms with Crippen molar-refractivity contribution in [1.29, 1.82) is 0 Å². The largest absolute Gasteiger partial charge is 0.395 e. The quantitative estimate of drug-likeness (QED) is 0.745. The maximum Gasteiger partial charge on any atom is 0.134 e. The molecule has 0 saturated heterocycles. The van der Waals surface area contributed by atoms with E-state index < -0.39 is 0 Å². The van der Waals surface area contributed by atoms with E-state index in [4.69, 9.17) is 5.11 Å². The molecule has 80 valence electrons. The van der Waals surface area contributed by atoms with Crippen molar-refractivity contribution in [1.82, 2.24) is 14.5 Å². The third-order valence-corrected chi connectivity index (χ3v) is 2.98. The summed E-state index contributed by atoms with van der Waals surface area (Å²) in [5.41, 5.74) is 0.931. The fourth-order valence-corrected chi connectivity index (χ4v) is 1.56. The van der Waals surface area contributed by atoms with Crippen LogP contribution in [0.5, 0.6) is 0 Å². The normalized spacial score (nSPS) is 13.2. The first kappa shape index (κ1) is 11.4. The highest BCUT2D eigenvalue weighted by Gasteiger charge is 2.13. The molecule has 0 aliphatic carbocycles. The molecule has 1 aromatic heterocycles. The van der Waals surface area contributed by atoms with Crippen LogP contribution in [0.4, 0.5) is 5.00 Å². The molecule has 0 radical (unpaired) electrons. The van der Waals surface area contributed by atoms with Crippen LogP contribution in [0.15, 0.2) is 0 Å². The number of hydrogen-bond acceptors (Lipinski definition) is 6. The van der Waals surface area contributed by atoms with Gasteiger partial charge in [0.1, 0.15) is 10.7 Å². The van der Waals surface area contributed by atoms with Gasteiger partial charge < -0.3 is 10.4 Å². The molecule has 5 nitrogen and oxygen atoms in total. The van der Waals surface area contributed by atoms with Crippen LogP contribution in [0.3, 0.4) is 0 Å². The lowest BCUT2D eigenvalue weighted by Crippen LogP contribution is -2.31. The van der Waals surface area contributed by atoms with E-state index in [9.17, 15) is 0 Å². The molecule has 0 aliphatic rings. The minimum atomic E-state index is 0.140. The van der Waals surface area contributed by atoms with Crippen molar-refractivity contribution in [3.8, 4) is 0 Å². The monoisotopic (exact) mass is 216 g/mol. The fraction of sp³-hybridized carbons (Fsp3) is 0.750. The molecule has 2 N–H and O–H groups in total. The molecule has 0 amide bonds. The standard InChI is InChI=1S/C8H16N4OS/c1-6(5-13)12(3)4-7-8(9-2)14-11-10-7/h6,9,13H,4-5H2,1-3H3. The lowest BCUT2D eigenvalue weighted by atomic mass is 10.3. The van der Waals surface area contributed by atoms with Crippen molar-refractivity contribution in [2.75, 3.05) is 26.0 Å². The Morgan fingerprint density at radius 3 is 2.93 bits per heavy atom. The molecule has 0 aliphatic heterocycles. The van der Waals surface area contributed by atoms with Gasteiger partial charge in [0.05, 0.1) is 6.61 Å². The predicted molar refractivity (Wildman–Crippen MR) is 57.5 cm³/mol. The van der Waals surface area contributed by atoms with Gasteiger partial charge in [-0.25, -0.2) is 0 Å². The summed E-state index contributed by atoms with van der Waals surface area (Å²) in [6.07, 6.45) is 0. The van der Waals surface area contributed by atoms with Crippen molar-refractivity contribution >= 4 is 16.5 Å². The van der Waals surface area contributed by atoms with Crippen molar-refractivity contribution in [3.05, 3.63) is 5.69 Å². The van der Waals surface area contributed by atoms with Crippen molar-refractivity contribution < 1.29 is 5.11 Å². The Labute approximate surface area is 87.9 Å². The lowest BCUT2D eigenvalue weighted by molar-refractivity contribution is 0.153. The summed E-state index contributed by atoms with van der Waals surface area (Å²) in [4.78, 5) is 2.04. The molecule has 0 spiro atoms. The smallest absolute Gasteiger partial charge is 0.134 e. The molecule has 0 bridgehead atoms. The first-order chi connectivity index (χ1) is 6.69. The van der Waals surface area contributed by atoms with Crippen LogP contribution in [-0.2, 0) is 6.54 Å². The number of aliphatic hydroxyl groups excluding tert-OH is 1. The molecule has 0 saturated carbocycles. The van der Waals surface area contributed by atoms with Gasteiger partial charge in [-0.15, -0.1) is 5.10 Å². The molecule has 1 atom stereocenters. The van der Waals surface area contributed by atoms with E-state index in [2.05, 4.69) is 14.9 Å². The van der Waals surface area contributed by atoms with Crippen LogP contribution in [-0.4, -0.2) is 46.3 Å². The van der Waals surface area contributed by atoms with E-state index in [-0.39, 0.29) is 12.6 Å². The zero-order valence-electron chi connectivity index (χ0n) is 8.69. The number of aromatic nitrogens is 2. The van der Waals surface area contributed by atoms with E-state index in [0.717, 1.165) is 10.7 Å². The number of anilines is 1. The van der Waals surface area contributed by atoms with Crippen LogP contribution in [0, 0.1) is 0 Å². The highest BCUT2D eigenvalue weighted by atomic mass is 32.1. The first-order valence-electron chi connectivity index (χ1n) is 4.49. The van der Waals surface area contributed by atoms with Crippen LogP contribution in [0.2, 0.25) is 0 Å². The van der Waals surface area contributed by atoms with Crippen LogP contribution >= 0.6 is 11.5 Å². The van der Waals surface area contributed by atoms with E-state index in [1.54, 1.807) is 0 Å². The zero-order chi connectivity index (χ0) is 10.6. The Morgan fingerprint density at radius 1 is 1.64 bits per heavy atom. The first-order valence-corrected chi connectivity index (χ1v) is 5.26.